The summed E-state index contributed by atoms with van der Waals surface area (Å²) in [6, 6.07) is 0. The fourth-order valence-corrected chi connectivity index (χ4v) is 3.84. The van der Waals surface area contributed by atoms with E-state index in [2.05, 4.69) is 128 Å². The van der Waals surface area contributed by atoms with Crippen molar-refractivity contribution in [3.05, 3.63) is 0 Å². The first-order valence-corrected chi connectivity index (χ1v) is 39.8. The van der Waals surface area contributed by atoms with Crippen LogP contribution < -0.4 is 18.6 Å². The topological polar surface area (TPSA) is 155 Å². The average molecular weight is 1370 g/mol. The molecule has 0 aromatic carbocycles. The maximum atomic E-state index is 11.0. The summed E-state index contributed by atoms with van der Waals surface area (Å²) < 4.78 is 13.0. The SMILES string of the molecule is COC(=O)Cl.COC(=O)N1CCC(C=O)CC1.COC(=O)N1CCC(CO)CC1.I[I-]I.OCC1CCNCC1.[I][V]([I])[I]. The van der Waals surface area contributed by atoms with Crippen LogP contribution in [0.3, 0.4) is 0 Å². The van der Waals surface area contributed by atoms with Crippen LogP contribution in [0.15, 0.2) is 0 Å². The van der Waals surface area contributed by atoms with Crippen LogP contribution in [0.4, 0.5) is 14.4 Å². The van der Waals surface area contributed by atoms with Crippen molar-refractivity contribution in [2.45, 2.75) is 38.5 Å². The summed E-state index contributed by atoms with van der Waals surface area (Å²) in [5.41, 5.74) is -0.773. The Morgan fingerprint density at radius 1 is 0.818 bits per heavy atom. The number of ether oxygens (including phenoxy) is 3. The van der Waals surface area contributed by atoms with E-state index in [4.69, 9.17) is 10.2 Å². The molecule has 12 nitrogen and oxygen atoms in total. The molecular weight excluding hydrogens is 1320 g/mol. The Hall–Kier alpha value is 2.81. The van der Waals surface area contributed by atoms with Crippen LogP contribution >= 0.6 is 109 Å². The van der Waals surface area contributed by atoms with Crippen molar-refractivity contribution in [2.75, 3.05) is 73.8 Å². The number of nitrogens with one attached hydrogen (secondary N) is 1. The number of amides is 2. The Balaban J connectivity index is -0.000000491. The molecule has 0 aromatic heterocycles. The molecule has 2 amide bonds. The number of aliphatic hydroxyl groups excluding tert-OH is 2. The summed E-state index contributed by atoms with van der Waals surface area (Å²) in [7, 11) is 3.98. The van der Waals surface area contributed by atoms with Gasteiger partial charge in [-0.2, -0.15) is 0 Å². The second-order valence-corrected chi connectivity index (χ2v) is 61.0. The second-order valence-electron chi connectivity index (χ2n) is 9.08. The monoisotopic (exact) mass is 1370 g/mol. The molecule has 0 radical (unpaired) electrons. The molecule has 0 saturated carbocycles. The first-order chi connectivity index (χ1) is 20.9. The number of hydrogen-bond acceptors (Lipinski definition) is 10. The van der Waals surface area contributed by atoms with Crippen LogP contribution in [0.5, 0.6) is 0 Å². The molecule has 20 heteroatoms. The number of hydrogen-bond donors (Lipinski definition) is 3. The molecular formula is C24H44ClI6N3O9V-. The van der Waals surface area contributed by atoms with E-state index in [0.29, 0.717) is 57.9 Å². The van der Waals surface area contributed by atoms with E-state index in [1.165, 1.54) is 21.3 Å². The quantitative estimate of drug-likeness (QED) is 0.166. The minimum absolute atomic E-state index is 0.130. The van der Waals surface area contributed by atoms with Crippen molar-refractivity contribution in [3.8, 4) is 0 Å². The number of halogens is 7. The summed E-state index contributed by atoms with van der Waals surface area (Å²) in [6.45, 7) is 5.47. The molecule has 3 fully saturated rings. The van der Waals surface area contributed by atoms with E-state index in [1.54, 1.807) is 9.80 Å². The van der Waals surface area contributed by atoms with Gasteiger partial charge in [-0.3, -0.25) is 0 Å². The van der Waals surface area contributed by atoms with Gasteiger partial charge in [-0.1, -0.05) is 0 Å². The molecule has 44 heavy (non-hydrogen) atoms. The van der Waals surface area contributed by atoms with E-state index in [0.717, 1.165) is 57.9 Å². The van der Waals surface area contributed by atoms with E-state index in [9.17, 15) is 19.2 Å². The first-order valence-electron chi connectivity index (χ1n) is 13.3. The van der Waals surface area contributed by atoms with E-state index < -0.39 is 5.43 Å². The molecule has 3 heterocycles. The summed E-state index contributed by atoms with van der Waals surface area (Å²) in [5, 5.41) is 20.7. The van der Waals surface area contributed by atoms with Gasteiger partial charge in [-0.05, 0) is 63.5 Å². The van der Waals surface area contributed by atoms with Crippen molar-refractivity contribution in [3.63, 3.8) is 0 Å². The average Bonchev–Trinajstić information content (AvgIpc) is 3.05. The third-order valence-electron chi connectivity index (χ3n) is 6.35. The fourth-order valence-electron chi connectivity index (χ4n) is 3.84. The van der Waals surface area contributed by atoms with E-state index in [1.807, 2.05) is 0 Å². The van der Waals surface area contributed by atoms with Gasteiger partial charge in [0.15, 0.2) is 0 Å². The first kappa shape index (κ1) is 51.2. The predicted molar refractivity (Wildman–Crippen MR) is 208 cm³/mol. The van der Waals surface area contributed by atoms with Crippen molar-refractivity contribution in [1.29, 1.82) is 0 Å². The van der Waals surface area contributed by atoms with Crippen LogP contribution in [0.2, 0.25) is 0 Å². The van der Waals surface area contributed by atoms with E-state index in [-0.39, 0.29) is 29.6 Å². The molecule has 0 bridgehead atoms. The Kier molecular flexibility index (Phi) is 43.1. The summed E-state index contributed by atoms with van der Waals surface area (Å²) in [6.07, 6.45) is 6.00. The Morgan fingerprint density at radius 3 is 1.39 bits per heavy atom. The van der Waals surface area contributed by atoms with Crippen molar-refractivity contribution in [1.82, 2.24) is 15.1 Å². The maximum absolute atomic E-state index is 11.0. The number of likely N-dealkylation sites (tertiary alicyclic amines) is 2. The van der Waals surface area contributed by atoms with Crippen molar-refractivity contribution in [2.24, 2.45) is 17.8 Å². The number of piperidine rings is 3. The Labute approximate surface area is 334 Å². The van der Waals surface area contributed by atoms with Gasteiger partial charge in [0.05, 0.1) is 21.3 Å². The zero-order valence-electron chi connectivity index (χ0n) is 24.9. The number of carbonyl (C=O) groups excluding carboxylic acids is 4. The van der Waals surface area contributed by atoms with Gasteiger partial charge in [0.1, 0.15) is 6.29 Å². The third-order valence-corrected chi connectivity index (χ3v) is 6.50. The van der Waals surface area contributed by atoms with Gasteiger partial charge in [0, 0.05) is 56.9 Å². The normalized spacial score (nSPS) is 16.8. The van der Waals surface area contributed by atoms with Crippen molar-refractivity contribution >= 4 is 133 Å². The van der Waals surface area contributed by atoms with Gasteiger partial charge in [0.25, 0.3) is 0 Å². The zero-order chi connectivity index (χ0) is 34.3. The summed E-state index contributed by atoms with van der Waals surface area (Å²) in [4.78, 5) is 44.7. The number of aldehydes is 1. The summed E-state index contributed by atoms with van der Waals surface area (Å²) >= 11 is 17.3. The Morgan fingerprint density at radius 2 is 1.14 bits per heavy atom. The molecule has 264 valence electrons. The van der Waals surface area contributed by atoms with Gasteiger partial charge in [0.2, 0.25) is 0 Å². The van der Waals surface area contributed by atoms with Gasteiger partial charge in [-0.15, -0.1) is 0 Å². The predicted octanol–water partition coefficient (Wildman–Crippen LogP) is 3.52. The molecule has 3 saturated heterocycles. The van der Waals surface area contributed by atoms with Crippen LogP contribution in [0, 0.1) is 17.8 Å². The molecule has 3 N–H and O–H groups in total. The number of aliphatic hydroxyl groups is 2. The van der Waals surface area contributed by atoms with Crippen molar-refractivity contribution < 1.29 is 61.8 Å². The van der Waals surface area contributed by atoms with Crippen LogP contribution in [0.1, 0.15) is 38.5 Å². The standard InChI is InChI=1S/C8H15NO3.C8H13NO3.C6H13NO.C2H3ClO2.I3.3HI.V/c2*1-12-8(11)9-4-2-7(6-10)3-5-9;8-5-6-1-3-7-4-2-6;1-5-2(3)4;1-3-2;;;;/h7,10H,2-6H2,1H3;6-7H,2-5H2,1H3;6-8H,1-5H2;1H3;;3*1H;/q;;;;-1;;;;+3/p-3. The van der Waals surface area contributed by atoms with Gasteiger partial charge >= 0.3 is 133 Å². The fraction of sp³-hybridized carbons (Fsp3) is 0.833. The number of rotatable bonds is 3. The van der Waals surface area contributed by atoms with Gasteiger partial charge in [-0.25, -0.2) is 14.4 Å². The molecule has 0 aliphatic carbocycles. The molecule has 0 aromatic rings. The molecule has 0 atom stereocenters. The molecule has 0 unspecified atom stereocenters. The third kappa shape index (κ3) is 33.3. The molecule has 3 aliphatic heterocycles. The summed E-state index contributed by atoms with van der Waals surface area (Å²) in [5.74, 6) is 1.08. The number of nitrogens with zero attached hydrogens (tertiary/aromatic N) is 2. The molecule has 3 rings (SSSR count). The minimum atomic E-state index is -0.773. The number of methoxy groups -OCH3 is 3. The van der Waals surface area contributed by atoms with Crippen LogP contribution in [-0.4, -0.2) is 118 Å². The van der Waals surface area contributed by atoms with Crippen LogP contribution in [-0.2, 0) is 23.9 Å². The van der Waals surface area contributed by atoms with Gasteiger partial charge < -0.3 is 44.3 Å². The van der Waals surface area contributed by atoms with Crippen LogP contribution in [0.25, 0.3) is 0 Å². The number of carbonyl (C=O) groups is 4. The van der Waals surface area contributed by atoms with E-state index >= 15 is 0 Å². The zero-order valence-corrected chi connectivity index (χ0v) is 40.0. The molecule has 3 aliphatic rings. The second kappa shape index (κ2) is 37.1. The Bertz CT molecular complexity index is 720. The molecule has 0 spiro atoms.